The highest BCUT2D eigenvalue weighted by molar-refractivity contribution is 7.21. The average Bonchev–Trinajstić information content (AvgIpc) is 3.25. The topological polar surface area (TPSA) is 71.5 Å². The van der Waals surface area contributed by atoms with Crippen LogP contribution in [-0.2, 0) is 11.2 Å². The Morgan fingerprint density at radius 3 is 3.04 bits per heavy atom. The number of fused-ring (bicyclic) bond motifs is 3. The molecule has 0 unspecified atom stereocenters. The van der Waals surface area contributed by atoms with E-state index in [9.17, 15) is 9.90 Å². The highest BCUT2D eigenvalue weighted by Gasteiger charge is 2.13. The van der Waals surface area contributed by atoms with Crippen molar-refractivity contribution in [3.63, 3.8) is 0 Å². The van der Waals surface area contributed by atoms with E-state index in [4.69, 9.17) is 4.74 Å². The summed E-state index contributed by atoms with van der Waals surface area (Å²) in [6.07, 6.45) is 0.654. The molecule has 0 atom stereocenters. The van der Waals surface area contributed by atoms with Gasteiger partial charge in [0.25, 0.3) is 5.91 Å². The molecule has 27 heavy (non-hydrogen) atoms. The van der Waals surface area contributed by atoms with E-state index in [0.717, 1.165) is 30.9 Å². The molecule has 0 radical (unpaired) electrons. The lowest BCUT2D eigenvalue weighted by molar-refractivity contribution is -0.123. The van der Waals surface area contributed by atoms with Gasteiger partial charge >= 0.3 is 0 Å². The van der Waals surface area contributed by atoms with Crippen molar-refractivity contribution in [2.75, 3.05) is 13.2 Å². The van der Waals surface area contributed by atoms with Crippen molar-refractivity contribution < 1.29 is 14.6 Å². The molecule has 2 N–H and O–H groups in total. The molecule has 2 heterocycles. The lowest BCUT2D eigenvalue weighted by Gasteiger charge is -2.09. The van der Waals surface area contributed by atoms with Gasteiger partial charge in [-0.3, -0.25) is 4.79 Å². The van der Waals surface area contributed by atoms with E-state index in [1.807, 2.05) is 30.5 Å². The molecule has 0 aliphatic carbocycles. The number of benzene rings is 2. The van der Waals surface area contributed by atoms with Crippen LogP contribution in [0.5, 0.6) is 11.5 Å². The number of nitrogens with zero attached hydrogens (tertiary/aromatic N) is 1. The molecule has 2 aromatic carbocycles. The first-order valence-corrected chi connectivity index (χ1v) is 10.2. The number of phenolic OH excluding ortho intramolecular Hbond substituents is 1. The van der Waals surface area contributed by atoms with E-state index in [1.165, 1.54) is 0 Å². The van der Waals surface area contributed by atoms with E-state index in [0.29, 0.717) is 18.7 Å². The van der Waals surface area contributed by atoms with Crippen molar-refractivity contribution in [2.45, 2.75) is 13.3 Å². The van der Waals surface area contributed by atoms with Crippen LogP contribution < -0.4 is 10.1 Å². The zero-order valence-electron chi connectivity index (χ0n) is 14.7. The van der Waals surface area contributed by atoms with Crippen LogP contribution in [0.4, 0.5) is 0 Å². The normalized spacial score (nSPS) is 11.1. The van der Waals surface area contributed by atoms with Crippen LogP contribution in [0.3, 0.4) is 0 Å². The average molecular weight is 399 g/mol. The zero-order chi connectivity index (χ0) is 18.8. The number of carbonyl (C=O) groups is 1. The first-order chi connectivity index (χ1) is 13.1. The van der Waals surface area contributed by atoms with E-state index in [-0.39, 0.29) is 18.3 Å². The predicted molar refractivity (Wildman–Crippen MR) is 110 cm³/mol. The minimum atomic E-state index is -0.167. The molecular formula is C20H18N2O3S2. The smallest absolute Gasteiger partial charge is 0.257 e. The molecule has 2 aromatic heterocycles. The molecule has 0 aliphatic heterocycles. The number of aromatic nitrogens is 1. The van der Waals surface area contributed by atoms with Gasteiger partial charge in [0.2, 0.25) is 0 Å². The maximum atomic E-state index is 12.1. The number of amides is 1. The number of thiazole rings is 1. The van der Waals surface area contributed by atoms with Gasteiger partial charge in [0.1, 0.15) is 11.5 Å². The number of carbonyl (C=O) groups excluding carboxylic acids is 1. The number of ether oxygens (including phenoxy) is 1. The molecule has 0 fully saturated rings. The number of rotatable bonds is 6. The predicted octanol–water partition coefficient (Wildman–Crippen LogP) is 4.26. The Hall–Kier alpha value is -2.64. The quantitative estimate of drug-likeness (QED) is 0.509. The Bertz CT molecular complexity index is 1120. The minimum Gasteiger partial charge on any atom is -0.508 e. The van der Waals surface area contributed by atoms with Crippen LogP contribution in [0, 0.1) is 6.92 Å². The fourth-order valence-corrected chi connectivity index (χ4v) is 4.79. The Balaban J connectivity index is 1.39. The Kier molecular flexibility index (Phi) is 4.96. The molecule has 4 rings (SSSR count). The largest absolute Gasteiger partial charge is 0.508 e. The molecule has 5 nitrogen and oxygen atoms in total. The van der Waals surface area contributed by atoms with E-state index < -0.39 is 0 Å². The van der Waals surface area contributed by atoms with Crippen LogP contribution in [-0.4, -0.2) is 29.1 Å². The second kappa shape index (κ2) is 7.54. The number of hydrogen-bond acceptors (Lipinski definition) is 6. The summed E-state index contributed by atoms with van der Waals surface area (Å²) in [5, 5.41) is 16.3. The van der Waals surface area contributed by atoms with Gasteiger partial charge in [-0.05, 0) is 42.5 Å². The molecule has 0 saturated heterocycles. The fraction of sp³-hybridized carbons (Fsp3) is 0.200. The Morgan fingerprint density at radius 1 is 1.30 bits per heavy atom. The van der Waals surface area contributed by atoms with Gasteiger partial charge in [0.15, 0.2) is 6.61 Å². The second-order valence-electron chi connectivity index (χ2n) is 6.18. The summed E-state index contributed by atoms with van der Waals surface area (Å²) in [6, 6.07) is 11.0. The number of hydrogen-bond donors (Lipinski definition) is 2. The van der Waals surface area contributed by atoms with E-state index in [2.05, 4.69) is 10.3 Å². The molecule has 0 bridgehead atoms. The summed E-state index contributed by atoms with van der Waals surface area (Å²) in [5.74, 6) is 0.778. The van der Waals surface area contributed by atoms with Gasteiger partial charge in [-0.1, -0.05) is 12.1 Å². The maximum Gasteiger partial charge on any atom is 0.257 e. The molecule has 7 heteroatoms. The molecular weight excluding hydrogens is 380 g/mol. The van der Waals surface area contributed by atoms with E-state index >= 15 is 0 Å². The summed E-state index contributed by atoms with van der Waals surface area (Å²) in [5.41, 5.74) is 1.98. The monoisotopic (exact) mass is 398 g/mol. The van der Waals surface area contributed by atoms with Crippen LogP contribution >= 0.6 is 22.7 Å². The van der Waals surface area contributed by atoms with Gasteiger partial charge in [0, 0.05) is 18.0 Å². The van der Waals surface area contributed by atoms with Crippen molar-refractivity contribution in [2.24, 2.45) is 0 Å². The number of phenols is 1. The molecule has 1 amide bonds. The number of thiophene rings is 1. The highest BCUT2D eigenvalue weighted by Crippen LogP contribution is 2.38. The summed E-state index contributed by atoms with van der Waals surface area (Å²) in [6.45, 7) is 2.45. The standard InChI is InChI=1S/C20H18N2O3S2/c1-12-22-19-17(27-12)10-16(15-6-8-26-20(15)19)25-11-18(24)21-7-5-13-3-2-4-14(23)9-13/h2-4,6,8-10,23H,5,7,11H2,1H3,(H,21,24). The third kappa shape index (κ3) is 3.89. The lowest BCUT2D eigenvalue weighted by atomic mass is 10.1. The molecule has 138 valence electrons. The molecule has 0 saturated carbocycles. The SMILES string of the molecule is Cc1nc2c(cc(OCC(=O)NCCc3cccc(O)c3)c3ccsc32)s1. The summed E-state index contributed by atoms with van der Waals surface area (Å²) in [7, 11) is 0. The van der Waals surface area contributed by atoms with E-state index in [1.54, 1.807) is 40.9 Å². The molecule has 0 spiro atoms. The van der Waals surface area contributed by atoms with Gasteiger partial charge in [-0.15, -0.1) is 22.7 Å². The number of aromatic hydroxyl groups is 1. The van der Waals surface area contributed by atoms with Crippen molar-refractivity contribution in [3.05, 3.63) is 52.3 Å². The van der Waals surface area contributed by atoms with Gasteiger partial charge in [0.05, 0.1) is 19.9 Å². The van der Waals surface area contributed by atoms with Crippen LogP contribution in [0.1, 0.15) is 10.6 Å². The first-order valence-electron chi connectivity index (χ1n) is 8.55. The van der Waals surface area contributed by atoms with Crippen molar-refractivity contribution in [1.82, 2.24) is 10.3 Å². The highest BCUT2D eigenvalue weighted by atomic mass is 32.1. The van der Waals surface area contributed by atoms with Crippen LogP contribution in [0.15, 0.2) is 41.8 Å². The fourth-order valence-electron chi connectivity index (χ4n) is 2.96. The molecule has 4 aromatic rings. The summed E-state index contributed by atoms with van der Waals surface area (Å²) in [4.78, 5) is 16.7. The lowest BCUT2D eigenvalue weighted by Crippen LogP contribution is -2.30. The van der Waals surface area contributed by atoms with Gasteiger partial charge in [-0.2, -0.15) is 0 Å². The Labute approximate surface area is 164 Å². The van der Waals surface area contributed by atoms with Crippen molar-refractivity contribution >= 4 is 48.9 Å². The summed E-state index contributed by atoms with van der Waals surface area (Å²) >= 11 is 3.26. The third-order valence-corrected chi connectivity index (χ3v) is 6.01. The van der Waals surface area contributed by atoms with Crippen molar-refractivity contribution in [3.8, 4) is 11.5 Å². The van der Waals surface area contributed by atoms with Crippen LogP contribution in [0.2, 0.25) is 0 Å². The molecule has 0 aliphatic rings. The second-order valence-corrected chi connectivity index (χ2v) is 8.33. The van der Waals surface area contributed by atoms with Gasteiger partial charge < -0.3 is 15.2 Å². The maximum absolute atomic E-state index is 12.1. The minimum absolute atomic E-state index is 0.0335. The van der Waals surface area contributed by atoms with Crippen molar-refractivity contribution in [1.29, 1.82) is 0 Å². The number of aryl methyl sites for hydroxylation is 1. The Morgan fingerprint density at radius 2 is 2.19 bits per heavy atom. The first kappa shape index (κ1) is 17.8. The zero-order valence-corrected chi connectivity index (χ0v) is 16.3. The number of nitrogens with one attached hydrogen (secondary N) is 1. The van der Waals surface area contributed by atoms with Crippen LogP contribution in [0.25, 0.3) is 20.3 Å². The summed E-state index contributed by atoms with van der Waals surface area (Å²) < 4.78 is 7.98. The third-order valence-electron chi connectivity index (χ3n) is 4.17. The van der Waals surface area contributed by atoms with Gasteiger partial charge in [-0.25, -0.2) is 4.98 Å².